The average Bonchev–Trinajstić information content (AvgIpc) is 2.63. The number of amides is 1. The molecule has 0 saturated carbocycles. The number of anilines is 1. The van der Waals surface area contributed by atoms with E-state index in [4.69, 9.17) is 0 Å². The van der Waals surface area contributed by atoms with Gasteiger partial charge in [0.05, 0.1) is 16.6 Å². The molecule has 2 aromatic heterocycles. The number of H-pyrrole nitrogens is 1. The van der Waals surface area contributed by atoms with E-state index < -0.39 is 5.91 Å². The van der Waals surface area contributed by atoms with Gasteiger partial charge in [0.1, 0.15) is 0 Å². The summed E-state index contributed by atoms with van der Waals surface area (Å²) < 4.78 is 0. The van der Waals surface area contributed by atoms with Crippen LogP contribution in [-0.4, -0.2) is 21.1 Å². The number of hydrogen-bond acceptors (Lipinski definition) is 4. The summed E-state index contributed by atoms with van der Waals surface area (Å²) in [6.45, 7) is 1.90. The van der Waals surface area contributed by atoms with Crippen LogP contribution in [0.25, 0.3) is 21.7 Å². The van der Waals surface area contributed by atoms with Crippen LogP contribution in [0.5, 0.6) is 0 Å². The molecule has 0 unspecified atom stereocenters. The van der Waals surface area contributed by atoms with E-state index in [1.165, 1.54) is 0 Å². The maximum Gasteiger partial charge on any atom is 0.276 e. The molecule has 0 radical (unpaired) electrons. The number of carbonyl (C=O) groups excluding carboxylic acids is 1. The summed E-state index contributed by atoms with van der Waals surface area (Å²) in [6, 6.07) is 16.3. The number of aromatic amines is 1. The van der Waals surface area contributed by atoms with Crippen molar-refractivity contribution in [3.05, 3.63) is 76.3 Å². The van der Waals surface area contributed by atoms with Gasteiger partial charge < -0.3 is 5.32 Å². The highest BCUT2D eigenvalue weighted by atomic mass is 16.2. The van der Waals surface area contributed by atoms with Crippen LogP contribution >= 0.6 is 0 Å². The van der Waals surface area contributed by atoms with Crippen LogP contribution in [0.1, 0.15) is 16.2 Å². The summed E-state index contributed by atoms with van der Waals surface area (Å²) in [5.41, 5.74) is 2.02. The third kappa shape index (κ3) is 2.63. The van der Waals surface area contributed by atoms with E-state index in [1.807, 2.05) is 31.2 Å². The first-order valence-corrected chi connectivity index (χ1v) is 7.78. The quantitative estimate of drug-likeness (QED) is 0.591. The monoisotopic (exact) mass is 330 g/mol. The Labute approximate surface area is 142 Å². The van der Waals surface area contributed by atoms with E-state index in [9.17, 15) is 9.59 Å². The molecule has 4 rings (SSSR count). The van der Waals surface area contributed by atoms with Crippen molar-refractivity contribution in [2.45, 2.75) is 6.92 Å². The zero-order chi connectivity index (χ0) is 17.4. The van der Waals surface area contributed by atoms with Gasteiger partial charge in [-0.25, -0.2) is 5.10 Å². The molecule has 6 heteroatoms. The Hall–Kier alpha value is -3.54. The highest BCUT2D eigenvalue weighted by Gasteiger charge is 2.15. The number of para-hydroxylation sites is 1. The molecule has 0 spiro atoms. The first kappa shape index (κ1) is 15.0. The highest BCUT2D eigenvalue weighted by Crippen LogP contribution is 2.23. The smallest absolute Gasteiger partial charge is 0.276 e. The largest absolute Gasteiger partial charge is 0.319 e. The number of rotatable bonds is 2. The number of aromatic nitrogens is 3. The highest BCUT2D eigenvalue weighted by molar-refractivity contribution is 6.13. The molecule has 25 heavy (non-hydrogen) atoms. The van der Waals surface area contributed by atoms with E-state index in [0.717, 1.165) is 11.1 Å². The van der Waals surface area contributed by atoms with Gasteiger partial charge in [-0.3, -0.25) is 14.6 Å². The number of nitrogens with one attached hydrogen (secondary N) is 2. The molecule has 1 amide bonds. The maximum absolute atomic E-state index is 12.7. The van der Waals surface area contributed by atoms with E-state index in [-0.39, 0.29) is 11.3 Å². The lowest BCUT2D eigenvalue weighted by molar-refractivity contribution is 0.102. The summed E-state index contributed by atoms with van der Waals surface area (Å²) in [4.78, 5) is 29.1. The maximum atomic E-state index is 12.7. The zero-order valence-electron chi connectivity index (χ0n) is 13.4. The Morgan fingerprint density at radius 1 is 1.00 bits per heavy atom. The van der Waals surface area contributed by atoms with E-state index in [0.29, 0.717) is 22.0 Å². The van der Waals surface area contributed by atoms with Crippen molar-refractivity contribution in [2.24, 2.45) is 0 Å². The average molecular weight is 330 g/mol. The van der Waals surface area contributed by atoms with Gasteiger partial charge in [-0.15, -0.1) is 0 Å². The Bertz CT molecular complexity index is 1180. The lowest BCUT2D eigenvalue weighted by Gasteiger charge is -2.09. The molecule has 0 aliphatic heterocycles. The second kappa shape index (κ2) is 5.83. The van der Waals surface area contributed by atoms with Gasteiger partial charge >= 0.3 is 0 Å². The minimum absolute atomic E-state index is 0.167. The number of aryl methyl sites for hydroxylation is 1. The molecule has 0 fully saturated rings. The van der Waals surface area contributed by atoms with Crippen LogP contribution in [0.4, 0.5) is 5.69 Å². The third-order valence-electron chi connectivity index (χ3n) is 4.02. The molecule has 0 atom stereocenters. The topological polar surface area (TPSA) is 87.7 Å². The second-order valence-electron chi connectivity index (χ2n) is 5.73. The Kier molecular flexibility index (Phi) is 3.50. The van der Waals surface area contributed by atoms with Crippen LogP contribution in [0.3, 0.4) is 0 Å². The SMILES string of the molecule is Cc1ccc2cccc(NC(=O)c3n[nH]c(=O)c4ccccc34)c2n1. The summed E-state index contributed by atoms with van der Waals surface area (Å²) in [5.74, 6) is -0.400. The molecule has 4 aromatic rings. The number of carbonyl (C=O) groups is 1. The molecule has 2 heterocycles. The van der Waals surface area contributed by atoms with Crippen LogP contribution < -0.4 is 10.9 Å². The zero-order valence-corrected chi connectivity index (χ0v) is 13.4. The van der Waals surface area contributed by atoms with Crippen LogP contribution in [0, 0.1) is 6.92 Å². The minimum atomic E-state index is -0.400. The molecule has 0 aliphatic rings. The Morgan fingerprint density at radius 3 is 2.64 bits per heavy atom. The first-order valence-electron chi connectivity index (χ1n) is 7.78. The van der Waals surface area contributed by atoms with Gasteiger partial charge in [-0.05, 0) is 25.1 Å². The summed E-state index contributed by atoms with van der Waals surface area (Å²) >= 11 is 0. The van der Waals surface area contributed by atoms with Gasteiger partial charge in [-0.1, -0.05) is 36.4 Å². The Balaban J connectivity index is 1.81. The predicted molar refractivity (Wildman–Crippen MR) is 96.8 cm³/mol. The molecule has 122 valence electrons. The fourth-order valence-corrected chi connectivity index (χ4v) is 2.81. The van der Waals surface area contributed by atoms with Crippen molar-refractivity contribution in [2.75, 3.05) is 5.32 Å². The van der Waals surface area contributed by atoms with Gasteiger partial charge in [0.25, 0.3) is 11.5 Å². The molecule has 2 N–H and O–H groups in total. The third-order valence-corrected chi connectivity index (χ3v) is 4.02. The lowest BCUT2D eigenvalue weighted by Crippen LogP contribution is -2.19. The van der Waals surface area contributed by atoms with Crippen molar-refractivity contribution in [1.29, 1.82) is 0 Å². The van der Waals surface area contributed by atoms with Gasteiger partial charge in [0, 0.05) is 16.5 Å². The predicted octanol–water partition coefficient (Wildman–Crippen LogP) is 3.03. The van der Waals surface area contributed by atoms with Gasteiger partial charge in [-0.2, -0.15) is 5.10 Å². The number of benzene rings is 2. The van der Waals surface area contributed by atoms with Crippen molar-refractivity contribution in [3.63, 3.8) is 0 Å². The Morgan fingerprint density at radius 2 is 1.80 bits per heavy atom. The molecule has 6 nitrogen and oxygen atoms in total. The van der Waals surface area contributed by atoms with Crippen molar-refractivity contribution in [3.8, 4) is 0 Å². The van der Waals surface area contributed by atoms with Crippen LogP contribution in [0.2, 0.25) is 0 Å². The van der Waals surface area contributed by atoms with E-state index in [1.54, 1.807) is 30.3 Å². The summed E-state index contributed by atoms with van der Waals surface area (Å²) in [5, 5.41) is 11.0. The van der Waals surface area contributed by atoms with Gasteiger partial charge in [0.15, 0.2) is 5.69 Å². The number of fused-ring (bicyclic) bond motifs is 2. The van der Waals surface area contributed by atoms with Crippen molar-refractivity contribution in [1.82, 2.24) is 15.2 Å². The molecule has 0 bridgehead atoms. The van der Waals surface area contributed by atoms with Crippen LogP contribution in [0.15, 0.2) is 59.4 Å². The fourth-order valence-electron chi connectivity index (χ4n) is 2.81. The normalized spacial score (nSPS) is 10.9. The van der Waals surface area contributed by atoms with E-state index >= 15 is 0 Å². The summed E-state index contributed by atoms with van der Waals surface area (Å²) in [7, 11) is 0. The number of hydrogen-bond donors (Lipinski definition) is 2. The van der Waals surface area contributed by atoms with Gasteiger partial charge in [0.2, 0.25) is 0 Å². The number of nitrogens with zero attached hydrogens (tertiary/aromatic N) is 2. The molecule has 0 aliphatic carbocycles. The number of pyridine rings is 1. The minimum Gasteiger partial charge on any atom is -0.319 e. The molecule has 0 saturated heterocycles. The summed E-state index contributed by atoms with van der Waals surface area (Å²) in [6.07, 6.45) is 0. The molecular formula is C19H14N4O2. The standard InChI is InChI=1S/C19H14N4O2/c1-11-9-10-12-5-4-8-15(16(12)20-11)21-19(25)17-13-6-2-3-7-14(13)18(24)23-22-17/h2-10H,1H3,(H,21,25)(H,23,24). The first-order chi connectivity index (χ1) is 12.1. The molecular weight excluding hydrogens is 316 g/mol. The van der Waals surface area contributed by atoms with Crippen molar-refractivity contribution >= 4 is 33.3 Å². The van der Waals surface area contributed by atoms with Crippen molar-refractivity contribution < 1.29 is 4.79 Å². The lowest BCUT2D eigenvalue weighted by atomic mass is 10.1. The fraction of sp³-hybridized carbons (Fsp3) is 0.0526. The molecule has 2 aromatic carbocycles. The van der Waals surface area contributed by atoms with Crippen LogP contribution in [-0.2, 0) is 0 Å². The second-order valence-corrected chi connectivity index (χ2v) is 5.73. The van der Waals surface area contributed by atoms with E-state index in [2.05, 4.69) is 20.5 Å².